The molecular formula is C20H15F2NO. The van der Waals surface area contributed by atoms with Gasteiger partial charge in [-0.3, -0.25) is 9.69 Å². The zero-order valence-corrected chi connectivity index (χ0v) is 12.8. The number of rotatable bonds is 4. The molecule has 120 valence electrons. The average Bonchev–Trinajstić information content (AvgIpc) is 2.59. The molecule has 0 N–H and O–H groups in total. The van der Waals surface area contributed by atoms with Gasteiger partial charge in [-0.2, -0.15) is 0 Å². The van der Waals surface area contributed by atoms with Gasteiger partial charge in [-0.1, -0.05) is 30.3 Å². The highest BCUT2D eigenvalue weighted by Gasteiger charge is 2.18. The Balaban J connectivity index is 1.96. The van der Waals surface area contributed by atoms with E-state index in [1.807, 2.05) is 30.3 Å². The van der Waals surface area contributed by atoms with Crippen LogP contribution in [0.2, 0.25) is 0 Å². The second-order valence-corrected chi connectivity index (χ2v) is 5.34. The molecule has 0 aliphatic carbocycles. The Bertz CT molecular complexity index is 769. The molecule has 0 fully saturated rings. The van der Waals surface area contributed by atoms with Crippen molar-refractivity contribution in [3.05, 3.63) is 96.1 Å². The molecule has 0 aromatic heterocycles. The monoisotopic (exact) mass is 323 g/mol. The predicted octanol–water partition coefficient (Wildman–Crippen LogP) is 4.87. The van der Waals surface area contributed by atoms with Crippen LogP contribution in [0, 0.1) is 11.6 Å². The molecule has 3 rings (SSSR count). The molecule has 0 saturated heterocycles. The van der Waals surface area contributed by atoms with E-state index in [0.717, 1.165) is 5.56 Å². The summed E-state index contributed by atoms with van der Waals surface area (Å²) in [4.78, 5) is 14.3. The van der Waals surface area contributed by atoms with Crippen molar-refractivity contribution in [3.8, 4) is 0 Å². The van der Waals surface area contributed by atoms with Crippen LogP contribution in [0.15, 0.2) is 78.9 Å². The van der Waals surface area contributed by atoms with E-state index in [9.17, 15) is 13.6 Å². The van der Waals surface area contributed by atoms with Gasteiger partial charge in [-0.25, -0.2) is 8.78 Å². The zero-order chi connectivity index (χ0) is 16.9. The van der Waals surface area contributed by atoms with Gasteiger partial charge in [0.1, 0.15) is 11.6 Å². The van der Waals surface area contributed by atoms with Gasteiger partial charge in [0.25, 0.3) is 0 Å². The fourth-order valence-corrected chi connectivity index (χ4v) is 2.47. The van der Waals surface area contributed by atoms with Crippen molar-refractivity contribution >= 4 is 17.3 Å². The van der Waals surface area contributed by atoms with E-state index >= 15 is 0 Å². The van der Waals surface area contributed by atoms with Gasteiger partial charge >= 0.3 is 0 Å². The van der Waals surface area contributed by atoms with Crippen LogP contribution >= 0.6 is 0 Å². The maximum atomic E-state index is 13.2. The number of halogens is 2. The second-order valence-electron chi connectivity index (χ2n) is 5.34. The van der Waals surface area contributed by atoms with Crippen LogP contribution in [-0.2, 0) is 11.2 Å². The molecule has 0 aliphatic heterocycles. The van der Waals surface area contributed by atoms with E-state index < -0.39 is 0 Å². The fourth-order valence-electron chi connectivity index (χ4n) is 2.47. The van der Waals surface area contributed by atoms with E-state index in [1.165, 1.54) is 53.4 Å². The van der Waals surface area contributed by atoms with Gasteiger partial charge in [-0.15, -0.1) is 0 Å². The van der Waals surface area contributed by atoms with Gasteiger partial charge in [0.05, 0.1) is 6.42 Å². The SMILES string of the molecule is O=C(Cc1ccccc1)N(c1ccc(F)cc1)c1ccc(F)cc1. The number of benzene rings is 3. The predicted molar refractivity (Wildman–Crippen MR) is 90.1 cm³/mol. The van der Waals surface area contributed by atoms with E-state index in [1.54, 1.807) is 0 Å². The van der Waals surface area contributed by atoms with Gasteiger partial charge < -0.3 is 0 Å². The molecule has 0 aliphatic rings. The van der Waals surface area contributed by atoms with Crippen molar-refractivity contribution < 1.29 is 13.6 Å². The van der Waals surface area contributed by atoms with Crippen LogP contribution in [0.1, 0.15) is 5.56 Å². The van der Waals surface area contributed by atoms with E-state index in [4.69, 9.17) is 0 Å². The fraction of sp³-hybridized carbons (Fsp3) is 0.0500. The first-order chi connectivity index (χ1) is 11.6. The molecule has 0 bridgehead atoms. The standard InChI is InChI=1S/C20H15F2NO/c21-16-6-10-18(11-7-16)23(19-12-8-17(22)9-13-19)20(24)14-15-4-2-1-3-5-15/h1-13H,14H2. The van der Waals surface area contributed by atoms with Crippen LogP contribution in [0.25, 0.3) is 0 Å². The maximum Gasteiger partial charge on any atom is 0.235 e. The first-order valence-corrected chi connectivity index (χ1v) is 7.51. The van der Waals surface area contributed by atoms with Crippen LogP contribution in [0.3, 0.4) is 0 Å². The summed E-state index contributed by atoms with van der Waals surface area (Å²) in [6.07, 6.45) is 0.190. The third kappa shape index (κ3) is 3.66. The quantitative estimate of drug-likeness (QED) is 0.670. The van der Waals surface area contributed by atoms with Crippen molar-refractivity contribution in [1.82, 2.24) is 0 Å². The summed E-state index contributed by atoms with van der Waals surface area (Å²) in [7, 11) is 0. The number of amides is 1. The highest BCUT2D eigenvalue weighted by atomic mass is 19.1. The van der Waals surface area contributed by atoms with Gasteiger partial charge in [0.2, 0.25) is 5.91 Å². The van der Waals surface area contributed by atoms with E-state index in [0.29, 0.717) is 11.4 Å². The van der Waals surface area contributed by atoms with Gasteiger partial charge in [0.15, 0.2) is 0 Å². The summed E-state index contributed by atoms with van der Waals surface area (Å²) in [5, 5.41) is 0. The summed E-state index contributed by atoms with van der Waals surface area (Å²) < 4.78 is 26.4. The van der Waals surface area contributed by atoms with Crippen molar-refractivity contribution in [2.75, 3.05) is 4.90 Å². The summed E-state index contributed by atoms with van der Waals surface area (Å²) in [5.74, 6) is -0.943. The Morgan fingerprint density at radius 3 is 1.62 bits per heavy atom. The third-order valence-corrected chi connectivity index (χ3v) is 3.62. The van der Waals surface area contributed by atoms with Gasteiger partial charge in [-0.05, 0) is 54.1 Å². The number of nitrogens with zero attached hydrogens (tertiary/aromatic N) is 1. The van der Waals surface area contributed by atoms with E-state index in [2.05, 4.69) is 0 Å². The number of carbonyl (C=O) groups is 1. The van der Waals surface area contributed by atoms with Crippen molar-refractivity contribution in [2.24, 2.45) is 0 Å². The Morgan fingerprint density at radius 1 is 0.708 bits per heavy atom. The van der Waals surface area contributed by atoms with Crippen molar-refractivity contribution in [1.29, 1.82) is 0 Å². The van der Waals surface area contributed by atoms with E-state index in [-0.39, 0.29) is 24.0 Å². The Kier molecular flexibility index (Phi) is 4.66. The lowest BCUT2D eigenvalue weighted by molar-refractivity contribution is -0.117. The summed E-state index contributed by atoms with van der Waals surface area (Å²) in [6, 6.07) is 20.6. The number of anilines is 2. The molecule has 0 spiro atoms. The first-order valence-electron chi connectivity index (χ1n) is 7.51. The summed E-state index contributed by atoms with van der Waals surface area (Å²) in [5.41, 5.74) is 1.93. The topological polar surface area (TPSA) is 20.3 Å². The molecule has 0 atom stereocenters. The molecule has 0 unspecified atom stereocenters. The molecule has 2 nitrogen and oxygen atoms in total. The summed E-state index contributed by atoms with van der Waals surface area (Å²) in [6.45, 7) is 0. The molecule has 0 heterocycles. The lowest BCUT2D eigenvalue weighted by atomic mass is 10.1. The highest BCUT2D eigenvalue weighted by Crippen LogP contribution is 2.27. The van der Waals surface area contributed by atoms with Crippen LogP contribution < -0.4 is 4.90 Å². The van der Waals surface area contributed by atoms with Crippen molar-refractivity contribution in [2.45, 2.75) is 6.42 Å². The minimum atomic E-state index is -0.381. The number of hydrogen-bond acceptors (Lipinski definition) is 1. The minimum Gasteiger partial charge on any atom is -0.281 e. The van der Waals surface area contributed by atoms with Gasteiger partial charge in [0, 0.05) is 11.4 Å². The lowest BCUT2D eigenvalue weighted by Crippen LogP contribution is -2.27. The van der Waals surface area contributed by atoms with Crippen LogP contribution in [0.5, 0.6) is 0 Å². The minimum absolute atomic E-state index is 0.181. The Labute approximate surface area is 139 Å². The normalized spacial score (nSPS) is 10.4. The Hall–Kier alpha value is -3.01. The molecule has 4 heteroatoms. The first kappa shape index (κ1) is 15.9. The molecular weight excluding hydrogens is 308 g/mol. The third-order valence-electron chi connectivity index (χ3n) is 3.62. The summed E-state index contributed by atoms with van der Waals surface area (Å²) >= 11 is 0. The lowest BCUT2D eigenvalue weighted by Gasteiger charge is -2.23. The number of hydrogen-bond donors (Lipinski definition) is 0. The smallest absolute Gasteiger partial charge is 0.235 e. The molecule has 3 aromatic rings. The molecule has 3 aromatic carbocycles. The highest BCUT2D eigenvalue weighted by molar-refractivity contribution is 6.01. The Morgan fingerprint density at radius 2 is 1.17 bits per heavy atom. The van der Waals surface area contributed by atoms with Crippen LogP contribution in [0.4, 0.5) is 20.2 Å². The average molecular weight is 323 g/mol. The molecule has 0 radical (unpaired) electrons. The van der Waals surface area contributed by atoms with Crippen LogP contribution in [-0.4, -0.2) is 5.91 Å². The second kappa shape index (κ2) is 7.04. The van der Waals surface area contributed by atoms with Crippen molar-refractivity contribution in [3.63, 3.8) is 0 Å². The molecule has 0 saturated carbocycles. The molecule has 24 heavy (non-hydrogen) atoms. The largest absolute Gasteiger partial charge is 0.281 e. The maximum absolute atomic E-state index is 13.2. The number of carbonyl (C=O) groups excluding carboxylic acids is 1. The molecule has 1 amide bonds. The zero-order valence-electron chi connectivity index (χ0n) is 12.8.